The second kappa shape index (κ2) is 10.9. The van der Waals surface area contributed by atoms with Gasteiger partial charge in [0.2, 0.25) is 0 Å². The summed E-state index contributed by atoms with van der Waals surface area (Å²) in [4.78, 5) is 21.8. The third kappa shape index (κ3) is 5.62. The predicted molar refractivity (Wildman–Crippen MR) is 115 cm³/mol. The first kappa shape index (κ1) is 22.8. The normalized spacial score (nSPS) is 14.3. The summed E-state index contributed by atoms with van der Waals surface area (Å²) in [6.07, 6.45) is 2.36. The third-order valence-corrected chi connectivity index (χ3v) is 5.92. The van der Waals surface area contributed by atoms with Gasteiger partial charge in [0.1, 0.15) is 0 Å². The molecule has 160 valence electrons. The Morgan fingerprint density at radius 2 is 1.97 bits per heavy atom. The molecule has 9 heteroatoms. The van der Waals surface area contributed by atoms with Gasteiger partial charge in [0.15, 0.2) is 10.9 Å². The molecule has 0 spiro atoms. The average molecular weight is 467 g/mol. The van der Waals surface area contributed by atoms with E-state index in [1.807, 2.05) is 29.6 Å². The maximum atomic E-state index is 13.0. The van der Waals surface area contributed by atoms with E-state index in [-0.39, 0.29) is 18.3 Å². The van der Waals surface area contributed by atoms with E-state index in [1.165, 1.54) is 17.6 Å². The highest BCUT2D eigenvalue weighted by atomic mass is 35.5. The molecular weight excluding hydrogens is 445 g/mol. The van der Waals surface area contributed by atoms with Crippen LogP contribution in [0.3, 0.4) is 0 Å². The van der Waals surface area contributed by atoms with Gasteiger partial charge in [-0.05, 0) is 30.7 Å². The third-order valence-electron chi connectivity index (χ3n) is 4.80. The van der Waals surface area contributed by atoms with Crippen molar-refractivity contribution in [3.8, 4) is 11.3 Å². The fourth-order valence-corrected chi connectivity index (χ4v) is 4.22. The molecule has 0 atom stereocenters. The van der Waals surface area contributed by atoms with Gasteiger partial charge in [-0.15, -0.1) is 11.3 Å². The minimum Gasteiger partial charge on any atom is -1.00 e. The number of aromatic nitrogens is 1. The minimum absolute atomic E-state index is 0. The van der Waals surface area contributed by atoms with Crippen molar-refractivity contribution in [2.24, 2.45) is 0 Å². The van der Waals surface area contributed by atoms with Crippen molar-refractivity contribution in [3.05, 3.63) is 58.8 Å². The fourth-order valence-electron chi connectivity index (χ4n) is 3.24. The van der Waals surface area contributed by atoms with Crippen LogP contribution in [0.5, 0.6) is 0 Å². The Morgan fingerprint density at radius 3 is 2.67 bits per heavy atom. The summed E-state index contributed by atoms with van der Waals surface area (Å²) < 4.78 is 10.7. The standard InChI is InChI=1S/C21H22ClN3O3S.ClH/c22-17-6-4-16(5-7-17)18-15-29-21(23-18)25(20(26)19-3-1-12-28-19)9-2-8-24-10-13-27-14-11-24;/h1,3-7,12,15H,2,8-11,13-14H2;1H/p-1. The van der Waals surface area contributed by atoms with Gasteiger partial charge >= 0.3 is 0 Å². The van der Waals surface area contributed by atoms with Gasteiger partial charge in [0.25, 0.3) is 5.91 Å². The number of ether oxygens (including phenoxy) is 1. The quantitative estimate of drug-likeness (QED) is 0.527. The first-order valence-corrected chi connectivity index (χ1v) is 10.8. The van der Waals surface area contributed by atoms with E-state index < -0.39 is 0 Å². The Balaban J connectivity index is 0.00000256. The molecule has 1 amide bonds. The number of carbonyl (C=O) groups excluding carboxylic acids is 1. The van der Waals surface area contributed by atoms with Crippen LogP contribution in [0.15, 0.2) is 52.5 Å². The zero-order valence-corrected chi connectivity index (χ0v) is 18.6. The molecule has 4 rings (SSSR count). The lowest BCUT2D eigenvalue weighted by Crippen LogP contribution is -3.00. The van der Waals surface area contributed by atoms with Crippen molar-refractivity contribution < 1.29 is 26.4 Å². The number of halogens is 2. The zero-order valence-electron chi connectivity index (χ0n) is 16.3. The van der Waals surface area contributed by atoms with Gasteiger partial charge in [-0.2, -0.15) is 0 Å². The Hall–Kier alpha value is -1.90. The first-order chi connectivity index (χ1) is 14.2. The average Bonchev–Trinajstić information content (AvgIpc) is 3.45. The SMILES string of the molecule is O=C(c1ccco1)N(CCCN1CCOCC1)c1nc(-c2ccc(Cl)cc2)cs1.[Cl-]. The number of morpholine rings is 1. The highest BCUT2D eigenvalue weighted by molar-refractivity contribution is 7.14. The topological polar surface area (TPSA) is 58.8 Å². The molecule has 1 aliphatic rings. The van der Waals surface area contributed by atoms with Crippen LogP contribution in [-0.2, 0) is 4.74 Å². The molecule has 6 nitrogen and oxygen atoms in total. The molecule has 0 unspecified atom stereocenters. The summed E-state index contributed by atoms with van der Waals surface area (Å²) in [5, 5.41) is 3.31. The summed E-state index contributed by atoms with van der Waals surface area (Å²) in [5.74, 6) is 0.147. The van der Waals surface area contributed by atoms with E-state index in [1.54, 1.807) is 17.0 Å². The van der Waals surface area contributed by atoms with Crippen molar-refractivity contribution in [1.82, 2.24) is 9.88 Å². The minimum atomic E-state index is -0.172. The van der Waals surface area contributed by atoms with E-state index in [0.29, 0.717) is 22.5 Å². The van der Waals surface area contributed by atoms with Gasteiger partial charge in [-0.25, -0.2) is 4.98 Å². The Morgan fingerprint density at radius 1 is 1.20 bits per heavy atom. The molecule has 30 heavy (non-hydrogen) atoms. The largest absolute Gasteiger partial charge is 1.00 e. The van der Waals surface area contributed by atoms with Crippen molar-refractivity contribution in [3.63, 3.8) is 0 Å². The van der Waals surface area contributed by atoms with E-state index in [9.17, 15) is 4.79 Å². The Bertz CT molecular complexity index is 925. The molecule has 1 fully saturated rings. The molecule has 1 aliphatic heterocycles. The van der Waals surface area contributed by atoms with Gasteiger partial charge in [-0.3, -0.25) is 14.6 Å². The summed E-state index contributed by atoms with van der Waals surface area (Å²) >= 11 is 7.44. The van der Waals surface area contributed by atoms with Gasteiger partial charge in [-0.1, -0.05) is 23.7 Å². The molecule has 3 aromatic rings. The number of anilines is 1. The lowest BCUT2D eigenvalue weighted by Gasteiger charge is -2.27. The number of carbonyl (C=O) groups is 1. The molecule has 0 radical (unpaired) electrons. The van der Waals surface area contributed by atoms with Crippen molar-refractivity contribution in [1.29, 1.82) is 0 Å². The van der Waals surface area contributed by atoms with Crippen LogP contribution < -0.4 is 17.3 Å². The van der Waals surface area contributed by atoms with Crippen molar-refractivity contribution in [2.75, 3.05) is 44.3 Å². The molecule has 3 heterocycles. The van der Waals surface area contributed by atoms with Crippen LogP contribution in [-0.4, -0.2) is 55.2 Å². The van der Waals surface area contributed by atoms with E-state index >= 15 is 0 Å². The predicted octanol–water partition coefficient (Wildman–Crippen LogP) is 1.43. The van der Waals surface area contributed by atoms with E-state index in [4.69, 9.17) is 25.7 Å². The van der Waals surface area contributed by atoms with Crippen LogP contribution in [0, 0.1) is 0 Å². The number of hydrogen-bond donors (Lipinski definition) is 0. The molecule has 0 N–H and O–H groups in total. The monoisotopic (exact) mass is 466 g/mol. The molecule has 0 bridgehead atoms. The van der Waals surface area contributed by atoms with E-state index in [2.05, 4.69) is 4.90 Å². The Kier molecular flexibility index (Phi) is 8.30. The maximum Gasteiger partial charge on any atom is 0.295 e. The van der Waals surface area contributed by atoms with Crippen LogP contribution in [0.1, 0.15) is 17.0 Å². The van der Waals surface area contributed by atoms with Gasteiger partial charge in [0.05, 0.1) is 25.2 Å². The van der Waals surface area contributed by atoms with Gasteiger partial charge in [0, 0.05) is 42.1 Å². The summed E-state index contributed by atoms with van der Waals surface area (Å²) in [7, 11) is 0. The molecule has 0 saturated carbocycles. The number of furan rings is 1. The first-order valence-electron chi connectivity index (χ1n) is 9.57. The number of amides is 1. The zero-order chi connectivity index (χ0) is 20.1. The summed E-state index contributed by atoms with van der Waals surface area (Å²) in [5.41, 5.74) is 1.79. The van der Waals surface area contributed by atoms with Gasteiger partial charge < -0.3 is 21.6 Å². The lowest BCUT2D eigenvalue weighted by atomic mass is 10.2. The molecular formula is C21H22Cl2N3O3S-. The number of benzene rings is 1. The number of rotatable bonds is 7. The van der Waals surface area contributed by atoms with Crippen LogP contribution in [0.25, 0.3) is 11.3 Å². The molecule has 2 aromatic heterocycles. The van der Waals surface area contributed by atoms with Crippen molar-refractivity contribution >= 4 is 34.0 Å². The van der Waals surface area contributed by atoms with Crippen molar-refractivity contribution in [2.45, 2.75) is 6.42 Å². The lowest BCUT2D eigenvalue weighted by molar-refractivity contribution is -0.0000147. The number of nitrogens with zero attached hydrogens (tertiary/aromatic N) is 3. The Labute approximate surface area is 190 Å². The number of thiazole rings is 1. The fraction of sp³-hybridized carbons (Fsp3) is 0.333. The molecule has 1 aromatic carbocycles. The highest BCUT2D eigenvalue weighted by Gasteiger charge is 2.23. The van der Waals surface area contributed by atoms with Crippen LogP contribution in [0.2, 0.25) is 5.02 Å². The van der Waals surface area contributed by atoms with E-state index in [0.717, 1.165) is 50.5 Å². The maximum absolute atomic E-state index is 13.0. The second-order valence-electron chi connectivity index (χ2n) is 6.76. The molecule has 1 saturated heterocycles. The smallest absolute Gasteiger partial charge is 0.295 e. The summed E-state index contributed by atoms with van der Waals surface area (Å²) in [6, 6.07) is 10.9. The van der Waals surface area contributed by atoms with Crippen LogP contribution in [0.4, 0.5) is 5.13 Å². The molecule has 0 aliphatic carbocycles. The second-order valence-corrected chi connectivity index (χ2v) is 8.04. The highest BCUT2D eigenvalue weighted by Crippen LogP contribution is 2.29. The number of hydrogen-bond acceptors (Lipinski definition) is 6. The van der Waals surface area contributed by atoms with Crippen LogP contribution >= 0.6 is 22.9 Å². The summed E-state index contributed by atoms with van der Waals surface area (Å²) in [6.45, 7) is 4.90.